The SMILES string of the molecule is CC(=CCOC(=O)CCCCCCCC(=O)OCC=C(C)CCCC(C)CCCC(C)CCCC(C)C)CCCC(C)CCCC(C)CCCC(C)C. The zero-order chi connectivity index (χ0) is 39.7. The van der Waals surface area contributed by atoms with Crippen molar-refractivity contribution in [1.82, 2.24) is 0 Å². The van der Waals surface area contributed by atoms with Crippen LogP contribution in [0.25, 0.3) is 0 Å². The van der Waals surface area contributed by atoms with Crippen LogP contribution in [0.4, 0.5) is 0 Å². The van der Waals surface area contributed by atoms with Crippen molar-refractivity contribution in [3.05, 3.63) is 23.3 Å². The third kappa shape index (κ3) is 37.1. The number of unbranched alkanes of at least 4 members (excludes halogenated alkanes) is 4. The molecule has 0 fully saturated rings. The van der Waals surface area contributed by atoms with Crippen LogP contribution in [0.1, 0.15) is 230 Å². The van der Waals surface area contributed by atoms with Crippen LogP contribution in [0.15, 0.2) is 23.3 Å². The van der Waals surface area contributed by atoms with Gasteiger partial charge in [0.15, 0.2) is 0 Å². The van der Waals surface area contributed by atoms with Gasteiger partial charge in [-0.25, -0.2) is 0 Å². The maximum absolute atomic E-state index is 12.2. The van der Waals surface area contributed by atoms with E-state index in [0.29, 0.717) is 26.1 Å². The summed E-state index contributed by atoms with van der Waals surface area (Å²) in [5.74, 6) is 4.78. The van der Waals surface area contributed by atoms with Gasteiger partial charge in [0.25, 0.3) is 0 Å². The molecule has 0 radical (unpaired) electrons. The zero-order valence-corrected chi connectivity index (χ0v) is 37.3. The first kappa shape index (κ1) is 51.4. The lowest BCUT2D eigenvalue weighted by Gasteiger charge is -2.15. The second-order valence-corrected chi connectivity index (χ2v) is 18.5. The highest BCUT2D eigenvalue weighted by Gasteiger charge is 2.09. The molecule has 4 heteroatoms. The fourth-order valence-corrected chi connectivity index (χ4v) is 7.39. The molecule has 4 unspecified atom stereocenters. The summed E-state index contributed by atoms with van der Waals surface area (Å²) in [6.45, 7) is 24.1. The summed E-state index contributed by atoms with van der Waals surface area (Å²) < 4.78 is 10.9. The Morgan fingerprint density at radius 2 is 0.660 bits per heavy atom. The Labute approximate surface area is 331 Å². The lowest BCUT2D eigenvalue weighted by molar-refractivity contribution is -0.143. The van der Waals surface area contributed by atoms with Gasteiger partial charge in [-0.15, -0.1) is 0 Å². The van der Waals surface area contributed by atoms with Crippen molar-refractivity contribution in [3.8, 4) is 0 Å². The van der Waals surface area contributed by atoms with E-state index < -0.39 is 0 Å². The number of carbonyl (C=O) groups is 2. The van der Waals surface area contributed by atoms with Crippen LogP contribution < -0.4 is 0 Å². The molecule has 0 rings (SSSR count). The number of hydrogen-bond acceptors (Lipinski definition) is 4. The average Bonchev–Trinajstić information content (AvgIpc) is 3.07. The predicted molar refractivity (Wildman–Crippen MR) is 231 cm³/mol. The minimum atomic E-state index is -0.101. The van der Waals surface area contributed by atoms with E-state index >= 15 is 0 Å². The van der Waals surface area contributed by atoms with Gasteiger partial charge in [-0.05, 0) is 100 Å². The first-order valence-electron chi connectivity index (χ1n) is 22.9. The molecule has 0 bridgehead atoms. The lowest BCUT2D eigenvalue weighted by atomic mass is 9.91. The van der Waals surface area contributed by atoms with E-state index in [9.17, 15) is 9.59 Å². The third-order valence-electron chi connectivity index (χ3n) is 11.4. The lowest BCUT2D eigenvalue weighted by Crippen LogP contribution is -2.05. The molecule has 0 N–H and O–H groups in total. The van der Waals surface area contributed by atoms with E-state index in [2.05, 4.69) is 81.4 Å². The predicted octanol–water partition coefficient (Wildman–Crippen LogP) is 15.6. The third-order valence-corrected chi connectivity index (χ3v) is 11.4. The van der Waals surface area contributed by atoms with Crippen LogP contribution in [0.2, 0.25) is 0 Å². The van der Waals surface area contributed by atoms with Gasteiger partial charge in [0.2, 0.25) is 0 Å². The Morgan fingerprint density at radius 1 is 0.377 bits per heavy atom. The van der Waals surface area contributed by atoms with E-state index in [1.165, 1.54) is 114 Å². The topological polar surface area (TPSA) is 52.6 Å². The van der Waals surface area contributed by atoms with Gasteiger partial charge in [-0.1, -0.05) is 176 Å². The van der Waals surface area contributed by atoms with Crippen molar-refractivity contribution in [2.45, 2.75) is 230 Å². The summed E-state index contributed by atoms with van der Waals surface area (Å²) in [5.41, 5.74) is 2.65. The molecule has 4 atom stereocenters. The highest BCUT2D eigenvalue weighted by molar-refractivity contribution is 5.69. The smallest absolute Gasteiger partial charge is 0.306 e. The molecule has 0 aromatic rings. The van der Waals surface area contributed by atoms with Crippen molar-refractivity contribution in [2.75, 3.05) is 13.2 Å². The van der Waals surface area contributed by atoms with Crippen LogP contribution in [-0.4, -0.2) is 25.2 Å². The van der Waals surface area contributed by atoms with E-state index in [0.717, 1.165) is 80.5 Å². The monoisotopic (exact) mass is 745 g/mol. The van der Waals surface area contributed by atoms with Crippen LogP contribution in [-0.2, 0) is 19.1 Å². The minimum Gasteiger partial charge on any atom is -0.461 e. The molecular formula is C49H92O4. The van der Waals surface area contributed by atoms with E-state index in [-0.39, 0.29) is 11.9 Å². The molecule has 4 nitrogen and oxygen atoms in total. The Bertz CT molecular complexity index is 857. The van der Waals surface area contributed by atoms with Gasteiger partial charge < -0.3 is 9.47 Å². The fourth-order valence-electron chi connectivity index (χ4n) is 7.39. The van der Waals surface area contributed by atoms with Crippen molar-refractivity contribution < 1.29 is 19.1 Å². The Morgan fingerprint density at radius 3 is 0.981 bits per heavy atom. The Hall–Kier alpha value is -1.58. The largest absolute Gasteiger partial charge is 0.461 e. The van der Waals surface area contributed by atoms with Crippen molar-refractivity contribution in [3.63, 3.8) is 0 Å². The van der Waals surface area contributed by atoms with Gasteiger partial charge in [-0.2, -0.15) is 0 Å². The van der Waals surface area contributed by atoms with Gasteiger partial charge in [0, 0.05) is 12.8 Å². The van der Waals surface area contributed by atoms with Gasteiger partial charge in [-0.3, -0.25) is 9.59 Å². The fraction of sp³-hybridized carbons (Fsp3) is 0.878. The maximum atomic E-state index is 12.2. The molecule has 0 aliphatic carbocycles. The number of ether oxygens (including phenoxy) is 2. The first-order chi connectivity index (χ1) is 25.3. The number of esters is 2. The molecule has 0 aliphatic rings. The molecule has 0 aromatic heterocycles. The second kappa shape index (κ2) is 34.9. The molecule has 0 heterocycles. The minimum absolute atomic E-state index is 0.101. The number of rotatable bonds is 36. The summed E-state index contributed by atoms with van der Waals surface area (Å²) in [4.78, 5) is 24.3. The quantitative estimate of drug-likeness (QED) is 0.0364. The molecule has 0 aromatic carbocycles. The molecule has 53 heavy (non-hydrogen) atoms. The first-order valence-corrected chi connectivity index (χ1v) is 22.9. The molecule has 0 saturated carbocycles. The summed E-state index contributed by atoms with van der Waals surface area (Å²) in [7, 11) is 0. The van der Waals surface area contributed by atoms with E-state index in [1.54, 1.807) is 0 Å². The summed E-state index contributed by atoms with van der Waals surface area (Å²) in [6, 6.07) is 0. The molecule has 0 amide bonds. The van der Waals surface area contributed by atoms with Gasteiger partial charge in [0.05, 0.1) is 0 Å². The highest BCUT2D eigenvalue weighted by atomic mass is 16.5. The zero-order valence-electron chi connectivity index (χ0n) is 37.3. The van der Waals surface area contributed by atoms with Gasteiger partial charge in [0.1, 0.15) is 13.2 Å². The number of carbonyl (C=O) groups excluding carboxylic acids is 2. The summed E-state index contributed by atoms with van der Waals surface area (Å²) in [5, 5.41) is 0. The molecule has 0 spiro atoms. The van der Waals surface area contributed by atoms with Crippen molar-refractivity contribution in [2.24, 2.45) is 35.5 Å². The van der Waals surface area contributed by atoms with Crippen LogP contribution in [0.3, 0.4) is 0 Å². The average molecular weight is 745 g/mol. The highest BCUT2D eigenvalue weighted by Crippen LogP contribution is 2.23. The summed E-state index contributed by atoms with van der Waals surface area (Å²) >= 11 is 0. The number of hydrogen-bond donors (Lipinski definition) is 0. The Balaban J connectivity index is 3.75. The standard InChI is InChI=1S/C49H92O4/c1-40(2)22-16-24-42(5)26-18-28-44(7)30-20-32-46(9)36-38-52-48(50)34-14-12-11-13-15-35-49(51)53-39-37-47(10)33-21-31-45(8)29-19-27-43(6)25-17-23-41(3)4/h36-37,40-45H,11-35,38-39H2,1-10H3. The Kier molecular flexibility index (Phi) is 33.8. The molecule has 0 aliphatic heterocycles. The van der Waals surface area contributed by atoms with Crippen molar-refractivity contribution in [1.29, 1.82) is 0 Å². The summed E-state index contributed by atoms with van der Waals surface area (Å²) in [6.07, 6.45) is 33.4. The molecular weight excluding hydrogens is 653 g/mol. The van der Waals surface area contributed by atoms with Crippen LogP contribution >= 0.6 is 0 Å². The van der Waals surface area contributed by atoms with Gasteiger partial charge >= 0.3 is 11.9 Å². The molecule has 312 valence electrons. The van der Waals surface area contributed by atoms with E-state index in [1.807, 2.05) is 0 Å². The normalized spacial score (nSPS) is 14.8. The van der Waals surface area contributed by atoms with Crippen LogP contribution in [0, 0.1) is 35.5 Å². The van der Waals surface area contributed by atoms with Crippen molar-refractivity contribution >= 4 is 11.9 Å². The van der Waals surface area contributed by atoms with E-state index in [4.69, 9.17) is 9.47 Å². The number of allylic oxidation sites excluding steroid dienone is 2. The van der Waals surface area contributed by atoms with Crippen LogP contribution in [0.5, 0.6) is 0 Å². The molecule has 0 saturated heterocycles. The second-order valence-electron chi connectivity index (χ2n) is 18.5. The maximum Gasteiger partial charge on any atom is 0.306 e.